The summed E-state index contributed by atoms with van der Waals surface area (Å²) in [4.78, 5) is 87.2. The zero-order valence-electron chi connectivity index (χ0n) is 29.5. The molecule has 2 aromatic rings. The van der Waals surface area contributed by atoms with Gasteiger partial charge in [-0.15, -0.1) is 6.58 Å². The molecule has 3 rings (SSSR count). The van der Waals surface area contributed by atoms with Crippen LogP contribution in [0.25, 0.3) is 11.2 Å². The van der Waals surface area contributed by atoms with Gasteiger partial charge in [-0.05, 0) is 12.8 Å². The summed E-state index contributed by atoms with van der Waals surface area (Å²) in [6, 6.07) is 0. The van der Waals surface area contributed by atoms with Crippen molar-refractivity contribution in [2.45, 2.75) is 70.2 Å². The number of hydrogen-bond donors (Lipinski definition) is 9. The minimum atomic E-state index is -5.57. The molecule has 1 aliphatic heterocycles. The van der Waals surface area contributed by atoms with Gasteiger partial charge in [-0.3, -0.25) is 32.5 Å². The van der Waals surface area contributed by atoms with E-state index in [1.807, 2.05) is 0 Å². The average molecular weight is 864 g/mol. The van der Waals surface area contributed by atoms with Gasteiger partial charge in [-0.25, -0.2) is 28.6 Å². The standard InChI is InChI=1S/C27H44N7O17P3S/c1-4-5-6-7-18(36)55-11-10-29-17(35)8-9-30-25(39)22(38)27(2,3)13-48-54(45,46)51-53(43,44)47-12-16-21(50-52(40,41)42)20(37)26(49-16)34-15-33-19-23(28)31-14-32-24(19)34/h4,14-16,20-22,26,37-38H,1,5-13H2,2-3H3,(H,29,35)(H,30,39)(H,43,44)(H,45,46)(H2,28,31,32)(H2,40,41,42)/t16-,20-,21-,22+,26-/m1/s1. The number of fused-ring (bicyclic) bond motifs is 1. The Morgan fingerprint density at radius 1 is 1.09 bits per heavy atom. The SMILES string of the molecule is C=CCCCC(=O)SCCNC(=O)CCNC(=O)[C@H](O)C(C)(C)COP(=O)(O)OP(=O)(O)OC[C@H]1O[C@@H](n2cnc3c(N)ncnc32)[C@H](O)[C@@H]1OP(=O)(O)O. The van der Waals surface area contributed by atoms with Crippen molar-refractivity contribution in [3.63, 3.8) is 0 Å². The number of nitrogens with one attached hydrogen (secondary N) is 2. The van der Waals surface area contributed by atoms with E-state index >= 15 is 0 Å². The fourth-order valence-electron chi connectivity index (χ4n) is 4.76. The smallest absolute Gasteiger partial charge is 0.386 e. The van der Waals surface area contributed by atoms with E-state index in [0.717, 1.165) is 35.4 Å². The lowest BCUT2D eigenvalue weighted by molar-refractivity contribution is -0.137. The average Bonchev–Trinajstić information content (AvgIpc) is 3.64. The Hall–Kier alpha value is -2.70. The van der Waals surface area contributed by atoms with E-state index in [4.69, 9.17) is 19.5 Å². The number of hydrogen-bond acceptors (Lipinski definition) is 18. The number of nitrogens with two attached hydrogens (primary N) is 1. The lowest BCUT2D eigenvalue weighted by Gasteiger charge is -2.30. The highest BCUT2D eigenvalue weighted by Gasteiger charge is 2.50. The number of allylic oxidation sites excluding steroid dienone is 1. The van der Waals surface area contributed by atoms with E-state index in [0.29, 0.717) is 18.6 Å². The Labute approximate surface area is 318 Å². The molecule has 310 valence electrons. The number of ether oxygens (including phenoxy) is 1. The molecule has 0 bridgehead atoms. The number of nitrogens with zero attached hydrogens (tertiary/aromatic N) is 4. The third-order valence-corrected chi connectivity index (χ3v) is 11.6. The number of phosphoric ester groups is 3. The fourth-order valence-corrected chi connectivity index (χ4v) is 8.31. The first-order valence-corrected chi connectivity index (χ1v) is 21.7. The summed E-state index contributed by atoms with van der Waals surface area (Å²) in [5.74, 6) is -1.09. The number of anilines is 1. The summed E-state index contributed by atoms with van der Waals surface area (Å²) >= 11 is 1.09. The van der Waals surface area contributed by atoms with Crippen LogP contribution in [0.1, 0.15) is 45.8 Å². The van der Waals surface area contributed by atoms with E-state index in [2.05, 4.69) is 41.0 Å². The molecule has 1 fully saturated rings. The van der Waals surface area contributed by atoms with Crippen LogP contribution in [0.3, 0.4) is 0 Å². The summed E-state index contributed by atoms with van der Waals surface area (Å²) in [6.07, 6.45) is -3.37. The number of aliphatic hydroxyl groups is 2. The first-order valence-electron chi connectivity index (χ1n) is 16.2. The molecule has 3 heterocycles. The quantitative estimate of drug-likeness (QED) is 0.0404. The number of aliphatic hydroxyl groups excluding tert-OH is 2. The van der Waals surface area contributed by atoms with Crippen LogP contribution < -0.4 is 16.4 Å². The molecule has 2 unspecified atom stereocenters. The molecule has 2 amide bonds. The van der Waals surface area contributed by atoms with Crippen molar-refractivity contribution in [2.75, 3.05) is 37.8 Å². The van der Waals surface area contributed by atoms with E-state index in [1.54, 1.807) is 6.08 Å². The number of carbonyl (C=O) groups is 3. The number of carbonyl (C=O) groups excluding carboxylic acids is 3. The van der Waals surface area contributed by atoms with Gasteiger partial charge in [0, 0.05) is 37.1 Å². The Morgan fingerprint density at radius 3 is 2.45 bits per heavy atom. The lowest BCUT2D eigenvalue weighted by atomic mass is 9.87. The Morgan fingerprint density at radius 2 is 1.78 bits per heavy atom. The lowest BCUT2D eigenvalue weighted by Crippen LogP contribution is -2.46. The minimum Gasteiger partial charge on any atom is -0.386 e. The fraction of sp³-hybridized carbons (Fsp3) is 0.630. The van der Waals surface area contributed by atoms with Crippen molar-refractivity contribution in [1.82, 2.24) is 30.2 Å². The molecule has 1 saturated heterocycles. The van der Waals surface area contributed by atoms with E-state index in [9.17, 15) is 57.9 Å². The van der Waals surface area contributed by atoms with Crippen LogP contribution >= 0.6 is 35.2 Å². The molecule has 0 aliphatic carbocycles. The Kier molecular flexibility index (Phi) is 17.1. The molecule has 2 aromatic heterocycles. The molecule has 1 aliphatic rings. The second kappa shape index (κ2) is 20.1. The number of nitrogen functional groups attached to an aromatic ring is 1. The summed E-state index contributed by atoms with van der Waals surface area (Å²) < 4.78 is 62.0. The van der Waals surface area contributed by atoms with Gasteiger partial charge >= 0.3 is 23.5 Å². The van der Waals surface area contributed by atoms with E-state index < -0.39 is 84.6 Å². The van der Waals surface area contributed by atoms with Crippen molar-refractivity contribution >= 4 is 69.1 Å². The van der Waals surface area contributed by atoms with Crippen LogP contribution in [-0.4, -0.2) is 123 Å². The maximum absolute atomic E-state index is 12.7. The number of rotatable bonds is 23. The van der Waals surface area contributed by atoms with Gasteiger partial charge in [0.2, 0.25) is 11.8 Å². The number of unbranched alkanes of at least 4 members (excludes halogenated alkanes) is 1. The molecule has 10 N–H and O–H groups in total. The maximum Gasteiger partial charge on any atom is 0.481 e. The van der Waals surface area contributed by atoms with Gasteiger partial charge in [0.25, 0.3) is 0 Å². The highest BCUT2D eigenvalue weighted by atomic mass is 32.2. The molecule has 55 heavy (non-hydrogen) atoms. The zero-order valence-corrected chi connectivity index (χ0v) is 33.0. The van der Waals surface area contributed by atoms with Crippen molar-refractivity contribution in [1.29, 1.82) is 0 Å². The molecular weight excluding hydrogens is 819 g/mol. The number of aromatic nitrogens is 4. The van der Waals surface area contributed by atoms with Crippen LogP contribution in [0.5, 0.6) is 0 Å². The highest BCUT2D eigenvalue weighted by Crippen LogP contribution is 2.61. The van der Waals surface area contributed by atoms with Crippen molar-refractivity contribution in [3.05, 3.63) is 25.3 Å². The number of phosphoric acid groups is 3. The molecule has 28 heteroatoms. The topological polar surface area (TPSA) is 364 Å². The van der Waals surface area contributed by atoms with Crippen molar-refractivity contribution < 1.29 is 80.5 Å². The van der Waals surface area contributed by atoms with Crippen LogP contribution in [0.4, 0.5) is 5.82 Å². The normalized spacial score (nSPS) is 21.7. The maximum atomic E-state index is 12.7. The number of amides is 2. The summed E-state index contributed by atoms with van der Waals surface area (Å²) in [5.41, 5.74) is 4.26. The van der Waals surface area contributed by atoms with Gasteiger partial charge in [0.15, 0.2) is 22.8 Å². The minimum absolute atomic E-state index is 0.00645. The van der Waals surface area contributed by atoms with Gasteiger partial charge < -0.3 is 50.9 Å². The molecule has 24 nitrogen and oxygen atoms in total. The first kappa shape index (κ1) is 46.7. The first-order chi connectivity index (χ1) is 25.6. The summed E-state index contributed by atoms with van der Waals surface area (Å²) in [5, 5.41) is 26.3. The molecular formula is C27H44N7O17P3S. The molecule has 0 saturated carbocycles. The Balaban J connectivity index is 1.49. The van der Waals surface area contributed by atoms with Crippen LogP contribution in [0.15, 0.2) is 25.3 Å². The van der Waals surface area contributed by atoms with Gasteiger partial charge in [0.1, 0.15) is 36.3 Å². The third-order valence-electron chi connectivity index (χ3n) is 7.55. The molecule has 0 radical (unpaired) electrons. The van der Waals surface area contributed by atoms with Crippen molar-refractivity contribution in [2.24, 2.45) is 5.41 Å². The monoisotopic (exact) mass is 863 g/mol. The largest absolute Gasteiger partial charge is 0.481 e. The molecule has 7 atom stereocenters. The highest BCUT2D eigenvalue weighted by molar-refractivity contribution is 8.13. The van der Waals surface area contributed by atoms with Gasteiger partial charge in [0.05, 0.1) is 19.5 Å². The van der Waals surface area contributed by atoms with Gasteiger partial charge in [-0.1, -0.05) is 31.7 Å². The summed E-state index contributed by atoms with van der Waals surface area (Å²) in [6.45, 7) is 4.09. The van der Waals surface area contributed by atoms with Crippen molar-refractivity contribution in [3.8, 4) is 0 Å². The second-order valence-electron chi connectivity index (χ2n) is 12.5. The Bertz CT molecular complexity index is 1810. The number of thioether (sulfide) groups is 1. The van der Waals surface area contributed by atoms with Gasteiger partial charge in [-0.2, -0.15) is 4.31 Å². The third kappa shape index (κ3) is 14.6. The zero-order chi connectivity index (χ0) is 41.2. The summed E-state index contributed by atoms with van der Waals surface area (Å²) in [7, 11) is -16.4. The van der Waals surface area contributed by atoms with E-state index in [-0.39, 0.29) is 41.6 Å². The second-order valence-corrected chi connectivity index (χ2v) is 17.9. The van der Waals surface area contributed by atoms with Crippen LogP contribution in [0.2, 0.25) is 0 Å². The predicted molar refractivity (Wildman–Crippen MR) is 191 cm³/mol. The van der Waals surface area contributed by atoms with Crippen LogP contribution in [-0.2, 0) is 50.7 Å². The van der Waals surface area contributed by atoms with Crippen LogP contribution in [0, 0.1) is 5.41 Å². The number of imidazole rings is 1. The molecule has 0 aromatic carbocycles. The molecule has 0 spiro atoms. The van der Waals surface area contributed by atoms with E-state index in [1.165, 1.54) is 13.8 Å². The predicted octanol–water partition coefficient (Wildman–Crippen LogP) is 0.0210.